The standard InChI is InChI=1S/C25H21F2N5O/c1-17(18-5-3-2-4-6-18)29-24-28-16-15-23(31-24)32(22-13-9-20(27)10-14-22)25(33)30-21-11-7-19(26)8-12-21/h2-17H,1H3,(H,30,33)(H,28,29,31)/t17-/m0/s1. The second kappa shape index (κ2) is 9.86. The lowest BCUT2D eigenvalue weighted by molar-refractivity contribution is 0.259. The van der Waals surface area contributed by atoms with Gasteiger partial charge in [0, 0.05) is 18.0 Å². The van der Waals surface area contributed by atoms with E-state index in [1.54, 1.807) is 6.07 Å². The van der Waals surface area contributed by atoms with Gasteiger partial charge in [-0.3, -0.25) is 0 Å². The van der Waals surface area contributed by atoms with E-state index in [0.717, 1.165) is 5.56 Å². The Kier molecular flexibility index (Phi) is 6.54. The summed E-state index contributed by atoms with van der Waals surface area (Å²) in [7, 11) is 0. The van der Waals surface area contributed by atoms with E-state index in [2.05, 4.69) is 20.6 Å². The molecule has 1 aromatic heterocycles. The number of carbonyl (C=O) groups is 1. The first kappa shape index (κ1) is 21.9. The van der Waals surface area contributed by atoms with Crippen LogP contribution in [0.3, 0.4) is 0 Å². The van der Waals surface area contributed by atoms with Gasteiger partial charge in [-0.05, 0) is 61.0 Å². The molecule has 1 atom stereocenters. The van der Waals surface area contributed by atoms with Crippen molar-refractivity contribution in [1.82, 2.24) is 9.97 Å². The molecule has 3 aromatic carbocycles. The lowest BCUT2D eigenvalue weighted by Gasteiger charge is -2.23. The van der Waals surface area contributed by atoms with Gasteiger partial charge >= 0.3 is 6.03 Å². The number of hydrogen-bond donors (Lipinski definition) is 2. The van der Waals surface area contributed by atoms with Crippen LogP contribution >= 0.6 is 0 Å². The molecule has 4 rings (SSSR count). The average molecular weight is 445 g/mol. The molecular weight excluding hydrogens is 424 g/mol. The highest BCUT2D eigenvalue weighted by Crippen LogP contribution is 2.27. The van der Waals surface area contributed by atoms with Gasteiger partial charge in [0.05, 0.1) is 11.7 Å². The number of carbonyl (C=O) groups excluding carboxylic acids is 1. The summed E-state index contributed by atoms with van der Waals surface area (Å²) in [5, 5.41) is 5.94. The van der Waals surface area contributed by atoms with Gasteiger partial charge in [-0.15, -0.1) is 0 Å². The molecule has 33 heavy (non-hydrogen) atoms. The predicted molar refractivity (Wildman–Crippen MR) is 124 cm³/mol. The number of nitrogens with one attached hydrogen (secondary N) is 2. The van der Waals surface area contributed by atoms with E-state index in [4.69, 9.17) is 0 Å². The Morgan fingerprint density at radius 1 is 0.879 bits per heavy atom. The molecule has 166 valence electrons. The summed E-state index contributed by atoms with van der Waals surface area (Å²) in [4.78, 5) is 23.2. The number of nitrogens with zero attached hydrogens (tertiary/aromatic N) is 3. The van der Waals surface area contributed by atoms with Gasteiger partial charge in [0.1, 0.15) is 17.5 Å². The maximum Gasteiger partial charge on any atom is 0.332 e. The monoisotopic (exact) mass is 445 g/mol. The van der Waals surface area contributed by atoms with Crippen LogP contribution in [0.15, 0.2) is 91.1 Å². The number of amides is 2. The highest BCUT2D eigenvalue weighted by molar-refractivity contribution is 6.06. The summed E-state index contributed by atoms with van der Waals surface area (Å²) in [6.45, 7) is 1.98. The average Bonchev–Trinajstić information content (AvgIpc) is 2.83. The summed E-state index contributed by atoms with van der Waals surface area (Å²) >= 11 is 0. The number of aromatic nitrogens is 2. The molecule has 0 aliphatic carbocycles. The molecule has 8 heteroatoms. The third kappa shape index (κ3) is 5.48. The molecule has 0 spiro atoms. The van der Waals surface area contributed by atoms with E-state index >= 15 is 0 Å². The molecule has 6 nitrogen and oxygen atoms in total. The van der Waals surface area contributed by atoms with Crippen LogP contribution in [-0.4, -0.2) is 16.0 Å². The number of anilines is 4. The first-order valence-corrected chi connectivity index (χ1v) is 10.3. The minimum Gasteiger partial charge on any atom is -0.348 e. The summed E-state index contributed by atoms with van der Waals surface area (Å²) in [6, 6.07) is 21.6. The van der Waals surface area contributed by atoms with Gasteiger partial charge in [-0.2, -0.15) is 4.98 Å². The number of rotatable bonds is 6. The van der Waals surface area contributed by atoms with Crippen LogP contribution in [0.2, 0.25) is 0 Å². The van der Waals surface area contributed by atoms with Crippen molar-refractivity contribution >= 4 is 29.2 Å². The largest absolute Gasteiger partial charge is 0.348 e. The van der Waals surface area contributed by atoms with Crippen LogP contribution in [0.25, 0.3) is 0 Å². The number of benzene rings is 3. The van der Waals surface area contributed by atoms with Gasteiger partial charge < -0.3 is 10.6 Å². The van der Waals surface area contributed by atoms with Gasteiger partial charge in [0.2, 0.25) is 5.95 Å². The van der Waals surface area contributed by atoms with Crippen molar-refractivity contribution in [3.8, 4) is 0 Å². The highest BCUT2D eigenvalue weighted by Gasteiger charge is 2.21. The molecule has 0 fully saturated rings. The van der Waals surface area contributed by atoms with Gasteiger partial charge in [0.15, 0.2) is 0 Å². The van der Waals surface area contributed by atoms with Crippen molar-refractivity contribution in [3.63, 3.8) is 0 Å². The van der Waals surface area contributed by atoms with E-state index in [1.165, 1.54) is 59.6 Å². The summed E-state index contributed by atoms with van der Waals surface area (Å²) < 4.78 is 26.8. The Hall–Kier alpha value is -4.33. The SMILES string of the molecule is C[C@H](Nc1nccc(N(C(=O)Nc2ccc(F)cc2)c2ccc(F)cc2)n1)c1ccccc1. The minimum absolute atomic E-state index is 0.0752. The fourth-order valence-electron chi connectivity index (χ4n) is 3.22. The van der Waals surface area contributed by atoms with Crippen molar-refractivity contribution in [1.29, 1.82) is 0 Å². The zero-order valence-corrected chi connectivity index (χ0v) is 17.7. The van der Waals surface area contributed by atoms with Crippen LogP contribution in [0.5, 0.6) is 0 Å². The zero-order valence-electron chi connectivity index (χ0n) is 17.7. The Morgan fingerprint density at radius 3 is 2.18 bits per heavy atom. The fraction of sp³-hybridized carbons (Fsp3) is 0.0800. The van der Waals surface area contributed by atoms with Crippen LogP contribution in [0.1, 0.15) is 18.5 Å². The molecule has 0 aliphatic heterocycles. The Balaban J connectivity index is 1.63. The molecule has 0 unspecified atom stereocenters. The molecule has 4 aromatic rings. The molecule has 0 bridgehead atoms. The lowest BCUT2D eigenvalue weighted by Crippen LogP contribution is -2.31. The Labute approximate surface area is 189 Å². The van der Waals surface area contributed by atoms with E-state index < -0.39 is 17.7 Å². The first-order valence-electron chi connectivity index (χ1n) is 10.3. The van der Waals surface area contributed by atoms with E-state index in [0.29, 0.717) is 17.3 Å². The number of urea groups is 1. The first-order chi connectivity index (χ1) is 16.0. The Morgan fingerprint density at radius 2 is 1.52 bits per heavy atom. The minimum atomic E-state index is -0.547. The molecule has 0 saturated carbocycles. The molecule has 1 heterocycles. The van der Waals surface area contributed by atoms with Crippen molar-refractivity contribution < 1.29 is 13.6 Å². The van der Waals surface area contributed by atoms with Crippen molar-refractivity contribution in [2.45, 2.75) is 13.0 Å². The summed E-state index contributed by atoms with van der Waals surface area (Å²) in [5.74, 6) is -0.244. The van der Waals surface area contributed by atoms with E-state index in [-0.39, 0.29) is 11.9 Å². The van der Waals surface area contributed by atoms with Crippen LogP contribution < -0.4 is 15.5 Å². The third-order valence-electron chi connectivity index (χ3n) is 4.90. The number of halogens is 2. The van der Waals surface area contributed by atoms with Crippen molar-refractivity contribution in [2.75, 3.05) is 15.5 Å². The molecule has 0 aliphatic rings. The molecule has 2 amide bonds. The van der Waals surface area contributed by atoms with Crippen LogP contribution in [0.4, 0.5) is 36.7 Å². The highest BCUT2D eigenvalue weighted by atomic mass is 19.1. The topological polar surface area (TPSA) is 70.2 Å². The molecule has 0 saturated heterocycles. The predicted octanol–water partition coefficient (Wildman–Crippen LogP) is 6.30. The second-order valence-electron chi connectivity index (χ2n) is 7.26. The van der Waals surface area contributed by atoms with Gasteiger partial charge in [-0.25, -0.2) is 23.5 Å². The maximum atomic E-state index is 13.5. The summed E-state index contributed by atoms with van der Waals surface area (Å²) in [6.07, 6.45) is 1.53. The quantitative estimate of drug-likeness (QED) is 0.366. The van der Waals surface area contributed by atoms with Gasteiger partial charge in [0.25, 0.3) is 0 Å². The Bertz CT molecular complexity index is 1220. The zero-order chi connectivity index (χ0) is 23.2. The second-order valence-corrected chi connectivity index (χ2v) is 7.26. The van der Waals surface area contributed by atoms with E-state index in [9.17, 15) is 13.6 Å². The third-order valence-corrected chi connectivity index (χ3v) is 4.90. The molecule has 0 radical (unpaired) electrons. The van der Waals surface area contributed by atoms with Crippen molar-refractivity contribution in [3.05, 3.63) is 108 Å². The van der Waals surface area contributed by atoms with Crippen LogP contribution in [-0.2, 0) is 0 Å². The molecular formula is C25H21F2N5O. The smallest absolute Gasteiger partial charge is 0.332 e. The van der Waals surface area contributed by atoms with E-state index in [1.807, 2.05) is 37.3 Å². The van der Waals surface area contributed by atoms with Gasteiger partial charge in [-0.1, -0.05) is 30.3 Å². The normalized spacial score (nSPS) is 11.5. The van der Waals surface area contributed by atoms with Crippen molar-refractivity contribution in [2.24, 2.45) is 0 Å². The summed E-state index contributed by atoms with van der Waals surface area (Å²) in [5.41, 5.74) is 1.85. The maximum absolute atomic E-state index is 13.5. The number of hydrogen-bond acceptors (Lipinski definition) is 4. The molecule has 2 N–H and O–H groups in total. The lowest BCUT2D eigenvalue weighted by atomic mass is 10.1. The fourth-order valence-corrected chi connectivity index (χ4v) is 3.22. The van der Waals surface area contributed by atoms with Crippen LogP contribution in [0, 0.1) is 11.6 Å².